The van der Waals surface area contributed by atoms with E-state index < -0.39 is 11.7 Å². The highest BCUT2D eigenvalue weighted by atomic mass is 16.5. The zero-order valence-corrected chi connectivity index (χ0v) is 11.8. The summed E-state index contributed by atoms with van der Waals surface area (Å²) in [6, 6.07) is 10.3. The van der Waals surface area contributed by atoms with Gasteiger partial charge in [-0.15, -0.1) is 0 Å². The van der Waals surface area contributed by atoms with E-state index in [2.05, 4.69) is 0 Å². The van der Waals surface area contributed by atoms with Crippen molar-refractivity contribution in [2.75, 3.05) is 0 Å². The van der Waals surface area contributed by atoms with Gasteiger partial charge in [-0.1, -0.05) is 6.07 Å². The van der Waals surface area contributed by atoms with Gasteiger partial charge in [0.1, 0.15) is 22.9 Å². The monoisotopic (exact) mass is 298 g/mol. The SMILES string of the molecule is CC(=O)c1cccc(C(=O)Oc2ccc(C(=N)N)cc2)c1O. The fourth-order valence-electron chi connectivity index (χ4n) is 1.86. The van der Waals surface area contributed by atoms with Crippen LogP contribution in [0.4, 0.5) is 0 Å². The van der Waals surface area contributed by atoms with Crippen LogP contribution in [0.1, 0.15) is 33.2 Å². The zero-order valence-electron chi connectivity index (χ0n) is 11.8. The first kappa shape index (κ1) is 15.2. The molecule has 0 aliphatic carbocycles. The van der Waals surface area contributed by atoms with Crippen molar-refractivity contribution in [1.82, 2.24) is 0 Å². The Kier molecular flexibility index (Phi) is 4.22. The molecule has 0 saturated carbocycles. The molecular formula is C16H14N2O4. The predicted molar refractivity (Wildman–Crippen MR) is 80.5 cm³/mol. The number of nitrogens with two attached hydrogens (primary N) is 1. The summed E-state index contributed by atoms with van der Waals surface area (Å²) in [7, 11) is 0. The van der Waals surface area contributed by atoms with Gasteiger partial charge in [-0.2, -0.15) is 0 Å². The van der Waals surface area contributed by atoms with Crippen LogP contribution in [-0.4, -0.2) is 22.7 Å². The average molecular weight is 298 g/mol. The molecule has 0 saturated heterocycles. The first-order valence-electron chi connectivity index (χ1n) is 6.39. The number of carbonyl (C=O) groups excluding carboxylic acids is 2. The van der Waals surface area contributed by atoms with Crippen molar-refractivity contribution in [3.05, 3.63) is 59.2 Å². The van der Waals surface area contributed by atoms with E-state index in [-0.39, 0.29) is 28.5 Å². The summed E-state index contributed by atoms with van der Waals surface area (Å²) in [5.41, 5.74) is 5.80. The third kappa shape index (κ3) is 3.12. The highest BCUT2D eigenvalue weighted by Crippen LogP contribution is 2.24. The van der Waals surface area contributed by atoms with Crippen molar-refractivity contribution < 1.29 is 19.4 Å². The summed E-state index contributed by atoms with van der Waals surface area (Å²) in [6.45, 7) is 1.30. The first-order valence-corrected chi connectivity index (χ1v) is 6.39. The highest BCUT2D eigenvalue weighted by Gasteiger charge is 2.18. The predicted octanol–water partition coefficient (Wildman–Crippen LogP) is 2.10. The molecule has 0 fully saturated rings. The van der Waals surface area contributed by atoms with Crippen LogP contribution >= 0.6 is 0 Å². The topological polar surface area (TPSA) is 113 Å². The van der Waals surface area contributed by atoms with E-state index in [9.17, 15) is 14.7 Å². The summed E-state index contributed by atoms with van der Waals surface area (Å²) in [5, 5.41) is 17.2. The standard InChI is InChI=1S/C16H14N2O4/c1-9(19)12-3-2-4-13(14(12)20)16(21)22-11-7-5-10(6-8-11)15(17)18/h2-8,20H,1H3,(H3,17,18). The number of ketones is 1. The van der Waals surface area contributed by atoms with Crippen LogP contribution in [0.25, 0.3) is 0 Å². The van der Waals surface area contributed by atoms with Crippen LogP contribution in [0.2, 0.25) is 0 Å². The number of ether oxygens (including phenoxy) is 1. The van der Waals surface area contributed by atoms with Gasteiger partial charge in [-0.05, 0) is 43.3 Å². The Bertz CT molecular complexity index is 751. The Morgan fingerprint density at radius 2 is 1.68 bits per heavy atom. The number of hydrogen-bond acceptors (Lipinski definition) is 5. The number of nitrogens with one attached hydrogen (secondary N) is 1. The number of carbonyl (C=O) groups is 2. The van der Waals surface area contributed by atoms with Crippen LogP contribution in [-0.2, 0) is 0 Å². The molecule has 112 valence electrons. The molecule has 0 aromatic heterocycles. The first-order chi connectivity index (χ1) is 10.4. The number of amidine groups is 1. The normalized spacial score (nSPS) is 10.0. The van der Waals surface area contributed by atoms with Gasteiger partial charge in [0.05, 0.1) is 5.56 Å². The molecule has 0 aliphatic rings. The smallest absolute Gasteiger partial charge is 0.347 e. The largest absolute Gasteiger partial charge is 0.506 e. The molecule has 2 aromatic carbocycles. The van der Waals surface area contributed by atoms with E-state index in [1.54, 1.807) is 0 Å². The van der Waals surface area contributed by atoms with Crippen molar-refractivity contribution in [2.24, 2.45) is 5.73 Å². The van der Waals surface area contributed by atoms with Crippen molar-refractivity contribution >= 4 is 17.6 Å². The second-order valence-corrected chi connectivity index (χ2v) is 4.59. The molecule has 6 heteroatoms. The second-order valence-electron chi connectivity index (χ2n) is 4.59. The summed E-state index contributed by atoms with van der Waals surface area (Å²) >= 11 is 0. The molecular weight excluding hydrogens is 284 g/mol. The van der Waals surface area contributed by atoms with Crippen LogP contribution < -0.4 is 10.5 Å². The Morgan fingerprint density at radius 3 is 2.23 bits per heavy atom. The Balaban J connectivity index is 2.24. The van der Waals surface area contributed by atoms with Crippen LogP contribution in [0.15, 0.2) is 42.5 Å². The van der Waals surface area contributed by atoms with Crippen LogP contribution in [0, 0.1) is 5.41 Å². The third-order valence-corrected chi connectivity index (χ3v) is 3.01. The number of benzene rings is 2. The van der Waals surface area contributed by atoms with Crippen LogP contribution in [0.3, 0.4) is 0 Å². The van der Waals surface area contributed by atoms with Gasteiger partial charge >= 0.3 is 5.97 Å². The van der Waals surface area contributed by atoms with E-state index in [1.165, 1.54) is 49.4 Å². The van der Waals surface area contributed by atoms with E-state index in [4.69, 9.17) is 15.9 Å². The highest BCUT2D eigenvalue weighted by molar-refractivity contribution is 6.02. The number of phenolic OH excluding ortho intramolecular Hbond substituents is 1. The van der Waals surface area contributed by atoms with E-state index in [0.717, 1.165) is 0 Å². The van der Waals surface area contributed by atoms with Gasteiger partial charge in [0.2, 0.25) is 0 Å². The number of rotatable bonds is 4. The van der Waals surface area contributed by atoms with E-state index in [0.29, 0.717) is 5.56 Å². The molecule has 0 bridgehead atoms. The molecule has 2 aromatic rings. The molecule has 0 aliphatic heterocycles. The Hall–Kier alpha value is -3.15. The number of nitrogen functional groups attached to an aromatic ring is 1. The van der Waals surface area contributed by atoms with Crippen molar-refractivity contribution in [2.45, 2.75) is 6.92 Å². The fraction of sp³-hybridized carbons (Fsp3) is 0.0625. The summed E-state index contributed by atoms with van der Waals surface area (Å²) in [5.74, 6) is -1.39. The Morgan fingerprint density at radius 1 is 1.09 bits per heavy atom. The molecule has 4 N–H and O–H groups in total. The lowest BCUT2D eigenvalue weighted by molar-refractivity contribution is 0.0731. The molecule has 0 radical (unpaired) electrons. The molecule has 2 rings (SSSR count). The van der Waals surface area contributed by atoms with Gasteiger partial charge in [-0.3, -0.25) is 10.2 Å². The van der Waals surface area contributed by atoms with Gasteiger partial charge in [-0.25, -0.2) is 4.79 Å². The minimum absolute atomic E-state index is 0.0568. The van der Waals surface area contributed by atoms with Gasteiger partial charge in [0.15, 0.2) is 5.78 Å². The van der Waals surface area contributed by atoms with Gasteiger partial charge < -0.3 is 15.6 Å². The maximum atomic E-state index is 12.1. The number of aromatic hydroxyl groups is 1. The number of Topliss-reactive ketones (excluding diaryl/α,β-unsaturated/α-hetero) is 1. The zero-order chi connectivity index (χ0) is 16.3. The maximum Gasteiger partial charge on any atom is 0.347 e. The van der Waals surface area contributed by atoms with Gasteiger partial charge in [0, 0.05) is 5.56 Å². The number of phenols is 1. The minimum Gasteiger partial charge on any atom is -0.506 e. The Labute approximate surface area is 126 Å². The maximum absolute atomic E-state index is 12.1. The minimum atomic E-state index is -0.781. The molecule has 0 atom stereocenters. The third-order valence-electron chi connectivity index (χ3n) is 3.01. The van der Waals surface area contributed by atoms with Crippen LogP contribution in [0.5, 0.6) is 11.5 Å². The number of para-hydroxylation sites is 1. The molecule has 6 nitrogen and oxygen atoms in total. The number of hydrogen-bond donors (Lipinski definition) is 3. The average Bonchev–Trinajstić information content (AvgIpc) is 2.47. The van der Waals surface area contributed by atoms with Gasteiger partial charge in [0.25, 0.3) is 0 Å². The van der Waals surface area contributed by atoms with E-state index in [1.807, 2.05) is 0 Å². The molecule has 0 unspecified atom stereocenters. The molecule has 0 amide bonds. The fourth-order valence-corrected chi connectivity index (χ4v) is 1.86. The van der Waals surface area contributed by atoms with Crippen molar-refractivity contribution in [1.29, 1.82) is 5.41 Å². The lowest BCUT2D eigenvalue weighted by Gasteiger charge is -2.08. The lowest BCUT2D eigenvalue weighted by atomic mass is 10.1. The molecule has 22 heavy (non-hydrogen) atoms. The lowest BCUT2D eigenvalue weighted by Crippen LogP contribution is -2.12. The summed E-state index contributed by atoms with van der Waals surface area (Å²) in [6.07, 6.45) is 0. The molecule has 0 heterocycles. The van der Waals surface area contributed by atoms with Crippen molar-refractivity contribution in [3.63, 3.8) is 0 Å². The summed E-state index contributed by atoms with van der Waals surface area (Å²) in [4.78, 5) is 23.4. The quantitative estimate of drug-likeness (QED) is 0.263. The second kappa shape index (κ2) is 6.09. The van der Waals surface area contributed by atoms with Crippen molar-refractivity contribution in [3.8, 4) is 11.5 Å². The number of esters is 1. The molecule has 0 spiro atoms. The summed E-state index contributed by atoms with van der Waals surface area (Å²) < 4.78 is 5.13. The van der Waals surface area contributed by atoms with E-state index >= 15 is 0 Å².